The quantitative estimate of drug-likeness (QED) is 0.831. The first-order valence-corrected chi connectivity index (χ1v) is 5.56. The lowest BCUT2D eigenvalue weighted by Crippen LogP contribution is -2.22. The zero-order valence-corrected chi connectivity index (χ0v) is 9.56. The molecule has 76 valence electrons. The van der Waals surface area contributed by atoms with Gasteiger partial charge >= 0.3 is 0 Å². The standard InChI is InChI=1S/C11H15NOS/c1-4-11(3,7-12)10(13)9-8(2)5-6-14-9/h5-6,10,13H,4H2,1-3H3. The third-order valence-corrected chi connectivity index (χ3v) is 3.81. The molecule has 0 amide bonds. The van der Waals surface area contributed by atoms with Gasteiger partial charge in [0.25, 0.3) is 0 Å². The van der Waals surface area contributed by atoms with Crippen molar-refractivity contribution in [2.75, 3.05) is 0 Å². The normalized spacial score (nSPS) is 17.1. The molecule has 0 radical (unpaired) electrons. The molecule has 0 aliphatic rings. The van der Waals surface area contributed by atoms with Crippen LogP contribution in [0.5, 0.6) is 0 Å². The van der Waals surface area contributed by atoms with Crippen LogP contribution < -0.4 is 0 Å². The fourth-order valence-electron chi connectivity index (χ4n) is 1.29. The Bertz CT molecular complexity index is 352. The summed E-state index contributed by atoms with van der Waals surface area (Å²) in [6.45, 7) is 5.69. The van der Waals surface area contributed by atoms with Gasteiger partial charge < -0.3 is 5.11 Å². The van der Waals surface area contributed by atoms with Crippen molar-refractivity contribution in [3.05, 3.63) is 21.9 Å². The SMILES string of the molecule is CCC(C)(C#N)C(O)c1sccc1C. The van der Waals surface area contributed by atoms with E-state index in [0.717, 1.165) is 10.4 Å². The van der Waals surface area contributed by atoms with Gasteiger partial charge in [-0.2, -0.15) is 5.26 Å². The lowest BCUT2D eigenvalue weighted by atomic mass is 9.82. The molecule has 0 bridgehead atoms. The van der Waals surface area contributed by atoms with Crippen LogP contribution in [0.25, 0.3) is 0 Å². The second-order valence-corrected chi connectivity index (χ2v) is 4.70. The van der Waals surface area contributed by atoms with Crippen LogP contribution in [0.3, 0.4) is 0 Å². The number of aliphatic hydroxyl groups is 1. The van der Waals surface area contributed by atoms with E-state index in [9.17, 15) is 5.11 Å². The third-order valence-electron chi connectivity index (χ3n) is 2.74. The van der Waals surface area contributed by atoms with E-state index in [1.807, 2.05) is 25.3 Å². The van der Waals surface area contributed by atoms with Gasteiger partial charge in [-0.1, -0.05) is 6.92 Å². The maximum absolute atomic E-state index is 10.1. The van der Waals surface area contributed by atoms with Gasteiger partial charge in [0.05, 0.1) is 11.5 Å². The molecule has 14 heavy (non-hydrogen) atoms. The zero-order chi connectivity index (χ0) is 10.8. The van der Waals surface area contributed by atoms with Crippen LogP contribution in [0.1, 0.15) is 36.8 Å². The van der Waals surface area contributed by atoms with Crippen LogP contribution in [0, 0.1) is 23.7 Å². The van der Waals surface area contributed by atoms with Gasteiger partial charge in [-0.15, -0.1) is 11.3 Å². The van der Waals surface area contributed by atoms with E-state index >= 15 is 0 Å². The summed E-state index contributed by atoms with van der Waals surface area (Å²) in [5.41, 5.74) is 0.396. The van der Waals surface area contributed by atoms with Crippen molar-refractivity contribution < 1.29 is 5.11 Å². The van der Waals surface area contributed by atoms with E-state index in [0.29, 0.717) is 6.42 Å². The summed E-state index contributed by atoms with van der Waals surface area (Å²) in [5.74, 6) is 0. The number of nitrogens with zero attached hydrogens (tertiary/aromatic N) is 1. The number of rotatable bonds is 3. The fourth-order valence-corrected chi connectivity index (χ4v) is 2.35. The van der Waals surface area contributed by atoms with Crippen LogP contribution in [-0.2, 0) is 0 Å². The topological polar surface area (TPSA) is 44.0 Å². The van der Waals surface area contributed by atoms with Crippen LogP contribution in [-0.4, -0.2) is 5.11 Å². The van der Waals surface area contributed by atoms with E-state index in [2.05, 4.69) is 6.07 Å². The second-order valence-electron chi connectivity index (χ2n) is 3.75. The van der Waals surface area contributed by atoms with E-state index in [-0.39, 0.29) is 0 Å². The molecular weight excluding hydrogens is 194 g/mol. The summed E-state index contributed by atoms with van der Waals surface area (Å²) >= 11 is 1.51. The molecule has 0 spiro atoms. The van der Waals surface area contributed by atoms with Crippen molar-refractivity contribution in [3.63, 3.8) is 0 Å². The Labute approximate surface area is 88.8 Å². The first-order valence-electron chi connectivity index (χ1n) is 4.68. The Morgan fingerprint density at radius 1 is 1.71 bits per heavy atom. The number of aliphatic hydroxyl groups excluding tert-OH is 1. The Hall–Kier alpha value is -0.850. The molecule has 1 N–H and O–H groups in total. The molecule has 1 heterocycles. The first-order chi connectivity index (χ1) is 6.55. The van der Waals surface area contributed by atoms with Crippen molar-refractivity contribution in [2.45, 2.75) is 33.3 Å². The Morgan fingerprint density at radius 2 is 2.36 bits per heavy atom. The van der Waals surface area contributed by atoms with Crippen LogP contribution in [0.4, 0.5) is 0 Å². The molecule has 0 aromatic carbocycles. The monoisotopic (exact) mass is 209 g/mol. The third kappa shape index (κ3) is 1.82. The van der Waals surface area contributed by atoms with Crippen molar-refractivity contribution in [3.8, 4) is 6.07 Å². The highest BCUT2D eigenvalue weighted by Crippen LogP contribution is 2.39. The number of nitriles is 1. The van der Waals surface area contributed by atoms with Crippen LogP contribution >= 0.6 is 11.3 Å². The predicted molar refractivity (Wildman–Crippen MR) is 58.0 cm³/mol. The summed E-state index contributed by atoms with van der Waals surface area (Å²) in [7, 11) is 0. The highest BCUT2D eigenvalue weighted by atomic mass is 32.1. The molecule has 2 atom stereocenters. The smallest absolute Gasteiger partial charge is 0.107 e. The molecule has 0 fully saturated rings. The van der Waals surface area contributed by atoms with Gasteiger partial charge in [0.2, 0.25) is 0 Å². The Balaban J connectivity index is 3.02. The maximum atomic E-state index is 10.1. The molecule has 0 aliphatic carbocycles. The van der Waals surface area contributed by atoms with E-state index < -0.39 is 11.5 Å². The van der Waals surface area contributed by atoms with Crippen molar-refractivity contribution >= 4 is 11.3 Å². The van der Waals surface area contributed by atoms with Crippen molar-refractivity contribution in [2.24, 2.45) is 5.41 Å². The van der Waals surface area contributed by atoms with E-state index in [1.54, 1.807) is 6.92 Å². The van der Waals surface area contributed by atoms with E-state index in [1.165, 1.54) is 11.3 Å². The number of hydrogen-bond acceptors (Lipinski definition) is 3. The Kier molecular flexibility index (Phi) is 3.30. The zero-order valence-electron chi connectivity index (χ0n) is 8.74. The molecular formula is C11H15NOS. The summed E-state index contributed by atoms with van der Waals surface area (Å²) < 4.78 is 0. The second kappa shape index (κ2) is 4.12. The molecule has 2 unspecified atom stereocenters. The highest BCUT2D eigenvalue weighted by molar-refractivity contribution is 7.10. The molecule has 0 aliphatic heterocycles. The van der Waals surface area contributed by atoms with Crippen LogP contribution in [0.15, 0.2) is 11.4 Å². The largest absolute Gasteiger partial charge is 0.386 e. The molecule has 1 aromatic heterocycles. The molecule has 1 rings (SSSR count). The molecule has 1 aromatic rings. The molecule has 0 saturated carbocycles. The number of thiophene rings is 1. The van der Waals surface area contributed by atoms with Crippen molar-refractivity contribution in [1.82, 2.24) is 0 Å². The minimum atomic E-state index is -0.671. The molecule has 0 saturated heterocycles. The number of hydrogen-bond donors (Lipinski definition) is 1. The first kappa shape index (κ1) is 11.2. The van der Waals surface area contributed by atoms with E-state index in [4.69, 9.17) is 5.26 Å². The Morgan fingerprint density at radius 3 is 2.71 bits per heavy atom. The van der Waals surface area contributed by atoms with Gasteiger partial charge in [-0.3, -0.25) is 0 Å². The maximum Gasteiger partial charge on any atom is 0.107 e. The van der Waals surface area contributed by atoms with Crippen molar-refractivity contribution in [1.29, 1.82) is 5.26 Å². The average molecular weight is 209 g/mol. The van der Waals surface area contributed by atoms with Gasteiger partial charge in [0.15, 0.2) is 0 Å². The lowest BCUT2D eigenvalue weighted by Gasteiger charge is -2.25. The summed E-state index contributed by atoms with van der Waals surface area (Å²) in [6, 6.07) is 4.17. The fraction of sp³-hybridized carbons (Fsp3) is 0.545. The predicted octanol–water partition coefficient (Wildman–Crippen LogP) is 3.03. The summed E-state index contributed by atoms with van der Waals surface area (Å²) in [5, 5.41) is 21.1. The summed E-state index contributed by atoms with van der Waals surface area (Å²) in [6.07, 6.45) is -0.0142. The average Bonchev–Trinajstić information content (AvgIpc) is 2.62. The minimum absolute atomic E-state index is 0.655. The van der Waals surface area contributed by atoms with Gasteiger partial charge in [-0.25, -0.2) is 0 Å². The summed E-state index contributed by atoms with van der Waals surface area (Å²) in [4.78, 5) is 0.913. The highest BCUT2D eigenvalue weighted by Gasteiger charge is 2.33. The number of aryl methyl sites for hydroxylation is 1. The lowest BCUT2D eigenvalue weighted by molar-refractivity contribution is 0.0749. The van der Waals surface area contributed by atoms with Gasteiger partial charge in [-0.05, 0) is 37.3 Å². The van der Waals surface area contributed by atoms with Gasteiger partial charge in [0.1, 0.15) is 6.10 Å². The van der Waals surface area contributed by atoms with Crippen LogP contribution in [0.2, 0.25) is 0 Å². The molecule has 2 nitrogen and oxygen atoms in total. The minimum Gasteiger partial charge on any atom is -0.386 e. The van der Waals surface area contributed by atoms with Gasteiger partial charge in [0, 0.05) is 4.88 Å². The molecule has 3 heteroatoms.